The Morgan fingerprint density at radius 2 is 1.90 bits per heavy atom. The second kappa shape index (κ2) is 12.7. The van der Waals surface area contributed by atoms with Crippen LogP contribution < -0.4 is 10.1 Å². The molecule has 3 unspecified atom stereocenters. The third-order valence-corrected chi connectivity index (χ3v) is 5.37. The first kappa shape index (κ1) is 24.4. The minimum absolute atomic E-state index is 0.116. The van der Waals surface area contributed by atoms with Crippen LogP contribution in [0.3, 0.4) is 0 Å². The van der Waals surface area contributed by atoms with Crippen molar-refractivity contribution in [1.29, 1.82) is 5.26 Å². The number of nitrogens with one attached hydrogen (secondary N) is 1. The smallest absolute Gasteiger partial charge is 0.238 e. The second-order valence-electron chi connectivity index (χ2n) is 8.02. The average Bonchev–Trinajstić information content (AvgIpc) is 2.78. The molecule has 1 amide bonds. The number of nitriles is 1. The van der Waals surface area contributed by atoms with Crippen LogP contribution in [0.2, 0.25) is 0 Å². The second-order valence-corrected chi connectivity index (χ2v) is 8.02. The number of carbonyl (C=O) groups is 1. The molecule has 166 valence electrons. The molecule has 0 spiro atoms. The van der Waals surface area contributed by atoms with Crippen LogP contribution in [0.4, 0.5) is 0 Å². The van der Waals surface area contributed by atoms with E-state index >= 15 is 0 Å². The molecular formula is C25H34N4O2. The molecule has 1 heterocycles. The zero-order valence-electron chi connectivity index (χ0n) is 19.0. The first-order chi connectivity index (χ1) is 15.0. The van der Waals surface area contributed by atoms with Gasteiger partial charge in [0.05, 0.1) is 19.2 Å². The average molecular weight is 423 g/mol. The van der Waals surface area contributed by atoms with E-state index in [4.69, 9.17) is 4.74 Å². The van der Waals surface area contributed by atoms with Gasteiger partial charge in [0.15, 0.2) is 0 Å². The Kier molecular flexibility index (Phi) is 9.99. The third kappa shape index (κ3) is 7.37. The highest BCUT2D eigenvalue weighted by Crippen LogP contribution is 2.31. The lowest BCUT2D eigenvalue weighted by molar-refractivity contribution is -0.124. The van der Waals surface area contributed by atoms with E-state index in [1.54, 1.807) is 13.2 Å². The number of nitrogens with zero attached hydrogens (tertiary/aromatic N) is 3. The Morgan fingerprint density at radius 3 is 2.52 bits per heavy atom. The number of carbonyl (C=O) groups excluding carboxylic acids is 1. The van der Waals surface area contributed by atoms with E-state index < -0.39 is 5.92 Å². The summed E-state index contributed by atoms with van der Waals surface area (Å²) in [4.78, 5) is 19.9. The standard InChI is InChI=1S/C25H34N4O2/c1-5-11-22(19-12-7-6-8-13-19)28-25(30)21(18-26)20(14-10-17-29(2)3)23-15-9-16-24(27-23)31-4/h6-9,12-13,15-16,20-22H,5,10-11,14,17H2,1-4H3,(H,28,30). The van der Waals surface area contributed by atoms with Crippen LogP contribution in [-0.2, 0) is 4.79 Å². The topological polar surface area (TPSA) is 78.2 Å². The number of methoxy groups -OCH3 is 1. The van der Waals surface area contributed by atoms with Crippen molar-refractivity contribution in [2.45, 2.75) is 44.6 Å². The first-order valence-electron chi connectivity index (χ1n) is 10.9. The minimum Gasteiger partial charge on any atom is -0.481 e. The molecule has 1 aromatic carbocycles. The van der Waals surface area contributed by atoms with Gasteiger partial charge in [-0.15, -0.1) is 0 Å². The lowest BCUT2D eigenvalue weighted by Gasteiger charge is -2.25. The molecule has 31 heavy (non-hydrogen) atoms. The van der Waals surface area contributed by atoms with Gasteiger partial charge in [-0.25, -0.2) is 4.98 Å². The Morgan fingerprint density at radius 1 is 1.16 bits per heavy atom. The van der Waals surface area contributed by atoms with E-state index in [-0.39, 0.29) is 17.9 Å². The van der Waals surface area contributed by atoms with E-state index in [1.807, 2.05) is 56.6 Å². The Bertz CT molecular complexity index is 848. The van der Waals surface area contributed by atoms with Gasteiger partial charge in [-0.3, -0.25) is 4.79 Å². The summed E-state index contributed by atoms with van der Waals surface area (Å²) in [5.41, 5.74) is 1.77. The highest BCUT2D eigenvalue weighted by atomic mass is 16.5. The molecule has 6 heteroatoms. The number of aromatic nitrogens is 1. The van der Waals surface area contributed by atoms with Crippen LogP contribution in [-0.4, -0.2) is 43.5 Å². The monoisotopic (exact) mass is 422 g/mol. The van der Waals surface area contributed by atoms with Crippen molar-refractivity contribution >= 4 is 5.91 Å². The summed E-state index contributed by atoms with van der Waals surface area (Å²) in [7, 11) is 5.60. The van der Waals surface area contributed by atoms with Gasteiger partial charge in [-0.2, -0.15) is 5.26 Å². The maximum Gasteiger partial charge on any atom is 0.238 e. The first-order valence-corrected chi connectivity index (χ1v) is 10.9. The van der Waals surface area contributed by atoms with Crippen molar-refractivity contribution in [3.63, 3.8) is 0 Å². The van der Waals surface area contributed by atoms with Gasteiger partial charge in [0, 0.05) is 17.7 Å². The van der Waals surface area contributed by atoms with Gasteiger partial charge in [0.2, 0.25) is 11.8 Å². The summed E-state index contributed by atoms with van der Waals surface area (Å²) < 4.78 is 5.27. The Labute approximate surface area is 186 Å². The molecule has 0 aliphatic carbocycles. The maximum absolute atomic E-state index is 13.3. The minimum atomic E-state index is -0.829. The predicted octanol–water partition coefficient (Wildman–Crippen LogP) is 4.31. The molecule has 0 radical (unpaired) electrons. The highest BCUT2D eigenvalue weighted by molar-refractivity contribution is 5.82. The third-order valence-electron chi connectivity index (χ3n) is 5.37. The molecular weight excluding hydrogens is 388 g/mol. The quantitative estimate of drug-likeness (QED) is 0.551. The number of benzene rings is 1. The molecule has 0 bridgehead atoms. The maximum atomic E-state index is 13.3. The van der Waals surface area contributed by atoms with Crippen LogP contribution in [0.5, 0.6) is 5.88 Å². The van der Waals surface area contributed by atoms with Crippen molar-refractivity contribution in [3.05, 3.63) is 59.8 Å². The van der Waals surface area contributed by atoms with Gasteiger partial charge in [0.1, 0.15) is 5.92 Å². The van der Waals surface area contributed by atoms with Crippen molar-refractivity contribution < 1.29 is 9.53 Å². The van der Waals surface area contributed by atoms with Crippen molar-refractivity contribution in [2.75, 3.05) is 27.7 Å². The number of rotatable bonds is 12. The van der Waals surface area contributed by atoms with E-state index in [2.05, 4.69) is 28.2 Å². The van der Waals surface area contributed by atoms with Crippen molar-refractivity contribution in [3.8, 4) is 11.9 Å². The SMILES string of the molecule is CCCC(NC(=O)C(C#N)C(CCCN(C)C)c1cccc(OC)n1)c1ccccc1. The van der Waals surface area contributed by atoms with E-state index in [1.165, 1.54) is 0 Å². The molecule has 1 N–H and O–H groups in total. The van der Waals surface area contributed by atoms with Gasteiger partial charge >= 0.3 is 0 Å². The summed E-state index contributed by atoms with van der Waals surface area (Å²) >= 11 is 0. The fourth-order valence-electron chi connectivity index (χ4n) is 3.75. The van der Waals surface area contributed by atoms with Crippen LogP contribution in [0.15, 0.2) is 48.5 Å². The number of pyridine rings is 1. The predicted molar refractivity (Wildman–Crippen MR) is 123 cm³/mol. The molecule has 0 saturated carbocycles. The molecule has 2 aromatic rings. The lowest BCUT2D eigenvalue weighted by Crippen LogP contribution is -2.36. The summed E-state index contributed by atoms with van der Waals surface area (Å²) in [6.45, 7) is 2.97. The summed E-state index contributed by atoms with van der Waals surface area (Å²) in [5, 5.41) is 13.1. The van der Waals surface area contributed by atoms with Crippen LogP contribution in [0.1, 0.15) is 55.8 Å². The van der Waals surface area contributed by atoms with Crippen LogP contribution >= 0.6 is 0 Å². The summed E-state index contributed by atoms with van der Waals surface area (Å²) in [6.07, 6.45) is 3.30. The van der Waals surface area contributed by atoms with Gasteiger partial charge in [-0.1, -0.05) is 49.7 Å². The van der Waals surface area contributed by atoms with Gasteiger partial charge in [-0.05, 0) is 51.5 Å². The number of ether oxygens (including phenoxy) is 1. The molecule has 1 aromatic heterocycles. The lowest BCUT2D eigenvalue weighted by atomic mass is 9.85. The normalized spacial score (nSPS) is 13.8. The molecule has 2 rings (SSSR count). The molecule has 0 fully saturated rings. The van der Waals surface area contributed by atoms with E-state index in [0.29, 0.717) is 18.0 Å². The number of hydrogen-bond acceptors (Lipinski definition) is 5. The molecule has 3 atom stereocenters. The van der Waals surface area contributed by atoms with Crippen LogP contribution in [0.25, 0.3) is 0 Å². The number of amides is 1. The molecule has 6 nitrogen and oxygen atoms in total. The van der Waals surface area contributed by atoms with Crippen molar-refractivity contribution in [1.82, 2.24) is 15.2 Å². The molecule has 0 saturated heterocycles. The van der Waals surface area contributed by atoms with Gasteiger partial charge in [0.25, 0.3) is 0 Å². The van der Waals surface area contributed by atoms with Crippen LogP contribution in [0, 0.1) is 17.2 Å². The molecule has 0 aliphatic heterocycles. The summed E-state index contributed by atoms with van der Waals surface area (Å²) in [5.74, 6) is -0.896. The Hall–Kier alpha value is -2.91. The fourth-order valence-corrected chi connectivity index (χ4v) is 3.75. The fraction of sp³-hybridized carbons (Fsp3) is 0.480. The Balaban J connectivity index is 2.27. The largest absolute Gasteiger partial charge is 0.481 e. The summed E-state index contributed by atoms with van der Waals surface area (Å²) in [6, 6.07) is 17.6. The van der Waals surface area contributed by atoms with Gasteiger partial charge < -0.3 is 15.0 Å². The van der Waals surface area contributed by atoms with Crippen molar-refractivity contribution in [2.24, 2.45) is 5.92 Å². The van der Waals surface area contributed by atoms with E-state index in [0.717, 1.165) is 31.4 Å². The highest BCUT2D eigenvalue weighted by Gasteiger charge is 2.32. The molecule has 0 aliphatic rings. The number of hydrogen-bond donors (Lipinski definition) is 1. The zero-order valence-corrected chi connectivity index (χ0v) is 19.0. The van der Waals surface area contributed by atoms with E-state index in [9.17, 15) is 10.1 Å². The zero-order chi connectivity index (χ0) is 22.6.